The highest BCUT2D eigenvalue weighted by Crippen LogP contribution is 2.36. The van der Waals surface area contributed by atoms with Crippen LogP contribution in [0.3, 0.4) is 0 Å². The molecule has 0 unspecified atom stereocenters. The first-order valence-corrected chi connectivity index (χ1v) is 9.56. The molecule has 160 valence electrons. The van der Waals surface area contributed by atoms with Crippen molar-refractivity contribution in [1.82, 2.24) is 9.80 Å². The summed E-state index contributed by atoms with van der Waals surface area (Å²) >= 11 is 0. The summed E-state index contributed by atoms with van der Waals surface area (Å²) < 4.78 is 21.0. The van der Waals surface area contributed by atoms with E-state index in [9.17, 15) is 9.59 Å². The van der Waals surface area contributed by atoms with E-state index in [1.54, 1.807) is 40.6 Å². The summed E-state index contributed by atoms with van der Waals surface area (Å²) in [6.45, 7) is 2.50. The maximum Gasteiger partial charge on any atom is 0.277 e. The fraction of sp³-hybridized carbons (Fsp3) is 0.524. The van der Waals surface area contributed by atoms with Crippen molar-refractivity contribution >= 4 is 17.4 Å². The van der Waals surface area contributed by atoms with Crippen LogP contribution in [0.1, 0.15) is 12.0 Å². The van der Waals surface area contributed by atoms with E-state index in [1.165, 1.54) is 4.90 Å². The van der Waals surface area contributed by atoms with Crippen LogP contribution in [0.5, 0.6) is 5.75 Å². The molecule has 1 aliphatic rings. The molecular formula is C21H30N2O6. The first-order valence-electron chi connectivity index (χ1n) is 9.56. The van der Waals surface area contributed by atoms with Gasteiger partial charge in [-0.2, -0.15) is 0 Å². The minimum Gasteiger partial charge on any atom is -0.496 e. The number of amides is 2. The molecule has 0 saturated heterocycles. The van der Waals surface area contributed by atoms with E-state index in [2.05, 4.69) is 0 Å². The molecule has 0 radical (unpaired) electrons. The molecule has 29 heavy (non-hydrogen) atoms. The molecule has 0 atom stereocenters. The minimum atomic E-state index is -0.328. The number of nitrogens with zero attached hydrogens (tertiary/aromatic N) is 2. The van der Waals surface area contributed by atoms with Gasteiger partial charge >= 0.3 is 0 Å². The monoisotopic (exact) mass is 406 g/mol. The van der Waals surface area contributed by atoms with Crippen LogP contribution in [0.25, 0.3) is 5.57 Å². The van der Waals surface area contributed by atoms with Crippen molar-refractivity contribution in [1.29, 1.82) is 0 Å². The molecule has 1 heterocycles. The van der Waals surface area contributed by atoms with Crippen LogP contribution in [-0.4, -0.2) is 89.5 Å². The predicted molar refractivity (Wildman–Crippen MR) is 108 cm³/mol. The van der Waals surface area contributed by atoms with Gasteiger partial charge in [-0.1, -0.05) is 18.2 Å². The second-order valence-corrected chi connectivity index (χ2v) is 6.50. The average Bonchev–Trinajstić information content (AvgIpc) is 2.98. The number of hydrogen-bond donors (Lipinski definition) is 0. The van der Waals surface area contributed by atoms with E-state index in [-0.39, 0.29) is 18.4 Å². The first-order chi connectivity index (χ1) is 14.1. The van der Waals surface area contributed by atoms with Crippen LogP contribution in [0.2, 0.25) is 0 Å². The molecule has 0 spiro atoms. The van der Waals surface area contributed by atoms with Crippen molar-refractivity contribution in [2.75, 3.05) is 67.9 Å². The van der Waals surface area contributed by atoms with E-state index >= 15 is 0 Å². The van der Waals surface area contributed by atoms with Gasteiger partial charge in [0, 0.05) is 53.1 Å². The standard InChI is InChI=1S/C21H30N2O6/c1-26-13-7-10-23-20(24)18(16-8-5-6-9-17(16)29-4)19(21(23)25)22(11-14-27-2)12-15-28-3/h5-6,8-9H,7,10-15H2,1-4H3. The number of benzene rings is 1. The summed E-state index contributed by atoms with van der Waals surface area (Å²) in [7, 11) is 6.34. The molecule has 8 nitrogen and oxygen atoms in total. The number of methoxy groups -OCH3 is 4. The Morgan fingerprint density at radius 1 is 0.862 bits per heavy atom. The fourth-order valence-corrected chi connectivity index (χ4v) is 3.26. The maximum absolute atomic E-state index is 13.3. The third-order valence-corrected chi connectivity index (χ3v) is 4.70. The molecule has 1 aromatic carbocycles. The smallest absolute Gasteiger partial charge is 0.277 e. The van der Waals surface area contributed by atoms with Gasteiger partial charge in [0.05, 0.1) is 25.9 Å². The van der Waals surface area contributed by atoms with Crippen LogP contribution in [0.4, 0.5) is 0 Å². The van der Waals surface area contributed by atoms with Crippen molar-refractivity contribution in [2.24, 2.45) is 0 Å². The van der Waals surface area contributed by atoms with Crippen molar-refractivity contribution in [3.63, 3.8) is 0 Å². The number of imide groups is 1. The third kappa shape index (κ3) is 5.35. The first kappa shape index (κ1) is 22.9. The van der Waals surface area contributed by atoms with Gasteiger partial charge in [-0.05, 0) is 12.5 Å². The number of hydrogen-bond acceptors (Lipinski definition) is 7. The zero-order chi connectivity index (χ0) is 21.2. The van der Waals surface area contributed by atoms with Crippen LogP contribution < -0.4 is 4.74 Å². The van der Waals surface area contributed by atoms with Crippen molar-refractivity contribution in [3.8, 4) is 5.75 Å². The third-order valence-electron chi connectivity index (χ3n) is 4.70. The Morgan fingerprint density at radius 2 is 1.48 bits per heavy atom. The Hall–Kier alpha value is -2.42. The summed E-state index contributed by atoms with van der Waals surface area (Å²) in [6.07, 6.45) is 0.566. The van der Waals surface area contributed by atoms with Crippen molar-refractivity contribution in [3.05, 3.63) is 35.5 Å². The van der Waals surface area contributed by atoms with E-state index in [0.717, 1.165) is 0 Å². The van der Waals surface area contributed by atoms with Crippen LogP contribution in [-0.2, 0) is 23.8 Å². The van der Waals surface area contributed by atoms with Crippen molar-refractivity contribution < 1.29 is 28.5 Å². The second-order valence-electron chi connectivity index (χ2n) is 6.50. The van der Waals surface area contributed by atoms with Gasteiger partial charge in [-0.25, -0.2) is 0 Å². The van der Waals surface area contributed by atoms with Crippen LogP contribution >= 0.6 is 0 Å². The summed E-state index contributed by atoms with van der Waals surface area (Å²) in [5.41, 5.74) is 1.29. The van der Waals surface area contributed by atoms with Gasteiger partial charge in [0.15, 0.2) is 0 Å². The van der Waals surface area contributed by atoms with Crippen molar-refractivity contribution in [2.45, 2.75) is 6.42 Å². The van der Waals surface area contributed by atoms with E-state index < -0.39 is 0 Å². The number of para-hydroxylation sites is 1. The number of carbonyl (C=O) groups excluding carboxylic acids is 2. The summed E-state index contributed by atoms with van der Waals surface area (Å²) in [6, 6.07) is 7.22. The lowest BCUT2D eigenvalue weighted by molar-refractivity contribution is -0.137. The average molecular weight is 406 g/mol. The lowest BCUT2D eigenvalue weighted by Gasteiger charge is -2.25. The highest BCUT2D eigenvalue weighted by atomic mass is 16.5. The summed E-state index contributed by atoms with van der Waals surface area (Å²) in [5.74, 6) is -0.108. The van der Waals surface area contributed by atoms with Gasteiger partial charge in [0.2, 0.25) is 0 Å². The Bertz CT molecular complexity index is 726. The molecular weight excluding hydrogens is 376 g/mol. The molecule has 0 fully saturated rings. The molecule has 1 aliphatic heterocycles. The lowest BCUT2D eigenvalue weighted by atomic mass is 10.0. The number of rotatable bonds is 13. The second kappa shape index (κ2) is 11.5. The quantitative estimate of drug-likeness (QED) is 0.362. The maximum atomic E-state index is 13.3. The van der Waals surface area contributed by atoms with Gasteiger partial charge in [-0.3, -0.25) is 14.5 Å². The van der Waals surface area contributed by atoms with E-state index in [0.29, 0.717) is 61.9 Å². The molecule has 0 N–H and O–H groups in total. The fourth-order valence-electron chi connectivity index (χ4n) is 3.26. The van der Waals surface area contributed by atoms with Crippen LogP contribution in [0, 0.1) is 0 Å². The van der Waals surface area contributed by atoms with Gasteiger partial charge in [0.25, 0.3) is 11.8 Å². The van der Waals surface area contributed by atoms with Crippen LogP contribution in [0.15, 0.2) is 30.0 Å². The number of carbonyl (C=O) groups is 2. The van der Waals surface area contributed by atoms with Gasteiger partial charge < -0.3 is 23.8 Å². The molecule has 2 rings (SSSR count). The number of ether oxygens (including phenoxy) is 4. The van der Waals surface area contributed by atoms with E-state index in [4.69, 9.17) is 18.9 Å². The molecule has 0 saturated carbocycles. The highest BCUT2D eigenvalue weighted by Gasteiger charge is 2.42. The Labute approximate surface area is 172 Å². The minimum absolute atomic E-state index is 0.288. The Morgan fingerprint density at radius 3 is 2.07 bits per heavy atom. The zero-order valence-electron chi connectivity index (χ0n) is 17.6. The molecule has 1 aromatic rings. The molecule has 0 bridgehead atoms. The summed E-state index contributed by atoms with van der Waals surface area (Å²) in [4.78, 5) is 29.7. The zero-order valence-corrected chi connectivity index (χ0v) is 17.6. The Balaban J connectivity index is 2.52. The largest absolute Gasteiger partial charge is 0.496 e. The SMILES string of the molecule is COCCCN1C(=O)C(c2ccccc2OC)=C(N(CCOC)CCOC)C1=O. The molecule has 2 amide bonds. The Kier molecular flexibility index (Phi) is 9.11. The molecule has 8 heteroatoms. The highest BCUT2D eigenvalue weighted by molar-refractivity contribution is 6.36. The normalized spacial score (nSPS) is 14.1. The predicted octanol–water partition coefficient (Wildman–Crippen LogP) is 1.41. The molecule has 0 aliphatic carbocycles. The topological polar surface area (TPSA) is 77.5 Å². The van der Waals surface area contributed by atoms with E-state index in [1.807, 2.05) is 17.0 Å². The lowest BCUT2D eigenvalue weighted by Crippen LogP contribution is -2.38. The van der Waals surface area contributed by atoms with Gasteiger partial charge in [-0.15, -0.1) is 0 Å². The van der Waals surface area contributed by atoms with Gasteiger partial charge in [0.1, 0.15) is 11.4 Å². The summed E-state index contributed by atoms with van der Waals surface area (Å²) in [5, 5.41) is 0. The molecule has 0 aromatic heterocycles.